The Hall–Kier alpha value is -0.610. The quantitative estimate of drug-likeness (QED) is 0.781. The number of carbonyl (C=O) groups is 1. The molecule has 2 saturated heterocycles. The molecule has 1 N–H and O–H groups in total. The molecule has 0 bridgehead atoms. The van der Waals surface area contributed by atoms with Crippen LogP contribution in [0.1, 0.15) is 26.7 Å². The molecule has 0 aromatic carbocycles. The smallest absolute Gasteiger partial charge is 0.226 e. The molecule has 0 aromatic rings. The second-order valence-electron chi connectivity index (χ2n) is 5.31. The van der Waals surface area contributed by atoms with E-state index in [0.29, 0.717) is 11.9 Å². The van der Waals surface area contributed by atoms with Crippen LogP contribution in [0.4, 0.5) is 0 Å². The lowest BCUT2D eigenvalue weighted by Crippen LogP contribution is -2.45. The predicted octanol–water partition coefficient (Wildman–Crippen LogP) is 0.539. The molecule has 0 saturated carbocycles. The number of rotatable bonds is 3. The topological polar surface area (TPSA) is 35.6 Å². The van der Waals surface area contributed by atoms with Gasteiger partial charge in [0.2, 0.25) is 5.91 Å². The summed E-state index contributed by atoms with van der Waals surface area (Å²) in [6.45, 7) is 10.1. The van der Waals surface area contributed by atoms with Gasteiger partial charge in [0.15, 0.2) is 0 Å². The number of likely N-dealkylation sites (tertiary alicyclic amines) is 1. The summed E-state index contributed by atoms with van der Waals surface area (Å²) in [5.74, 6) is 0.465. The molecule has 2 heterocycles. The van der Waals surface area contributed by atoms with Crippen LogP contribution in [0.15, 0.2) is 0 Å². The van der Waals surface area contributed by atoms with Crippen molar-refractivity contribution in [2.45, 2.75) is 32.7 Å². The van der Waals surface area contributed by atoms with Gasteiger partial charge in [-0.1, -0.05) is 13.8 Å². The van der Waals surface area contributed by atoms with Gasteiger partial charge in [-0.25, -0.2) is 0 Å². The molecule has 0 aliphatic carbocycles. The first-order valence-electron chi connectivity index (χ1n) is 6.96. The normalized spacial score (nSPS) is 31.9. The van der Waals surface area contributed by atoms with E-state index in [1.807, 2.05) is 6.92 Å². The number of amides is 1. The second-order valence-corrected chi connectivity index (χ2v) is 5.31. The fourth-order valence-corrected chi connectivity index (χ4v) is 3.00. The Kier molecular flexibility index (Phi) is 4.40. The zero-order valence-corrected chi connectivity index (χ0v) is 11.1. The van der Waals surface area contributed by atoms with Gasteiger partial charge in [0.05, 0.1) is 0 Å². The maximum absolute atomic E-state index is 12.2. The number of likely N-dealkylation sites (N-methyl/N-ethyl adjacent to an activating group) is 1. The maximum Gasteiger partial charge on any atom is 0.226 e. The standard InChI is InChI=1S/C13H25N3O/c1-3-15-7-4-5-12(15)10-16-8-6-14-9-11(2)13(16)17/h11-12,14H,3-10H2,1-2H3. The van der Waals surface area contributed by atoms with Crippen LogP contribution in [-0.4, -0.2) is 61.0 Å². The molecule has 4 nitrogen and oxygen atoms in total. The SMILES string of the molecule is CCN1CCCC1CN1CCNCC(C)C1=O. The summed E-state index contributed by atoms with van der Waals surface area (Å²) in [4.78, 5) is 16.8. The van der Waals surface area contributed by atoms with Crippen LogP contribution >= 0.6 is 0 Å². The van der Waals surface area contributed by atoms with Crippen LogP contribution in [0.25, 0.3) is 0 Å². The van der Waals surface area contributed by atoms with Crippen molar-refractivity contribution >= 4 is 5.91 Å². The summed E-state index contributed by atoms with van der Waals surface area (Å²) in [6.07, 6.45) is 2.54. The van der Waals surface area contributed by atoms with Gasteiger partial charge in [0.25, 0.3) is 0 Å². The van der Waals surface area contributed by atoms with E-state index in [4.69, 9.17) is 0 Å². The van der Waals surface area contributed by atoms with Crippen molar-refractivity contribution in [1.82, 2.24) is 15.1 Å². The zero-order valence-electron chi connectivity index (χ0n) is 11.1. The average Bonchev–Trinajstić information content (AvgIpc) is 2.72. The first-order chi connectivity index (χ1) is 8.22. The summed E-state index contributed by atoms with van der Waals surface area (Å²) < 4.78 is 0. The highest BCUT2D eigenvalue weighted by Gasteiger charge is 2.29. The highest BCUT2D eigenvalue weighted by atomic mass is 16.2. The van der Waals surface area contributed by atoms with Crippen LogP contribution in [0.5, 0.6) is 0 Å². The molecule has 0 radical (unpaired) electrons. The minimum Gasteiger partial charge on any atom is -0.340 e. The molecule has 0 spiro atoms. The Balaban J connectivity index is 1.94. The number of carbonyl (C=O) groups excluding carboxylic acids is 1. The average molecular weight is 239 g/mol. The molecular weight excluding hydrogens is 214 g/mol. The third-order valence-corrected chi connectivity index (χ3v) is 4.08. The van der Waals surface area contributed by atoms with E-state index in [0.717, 1.165) is 32.7 Å². The Morgan fingerprint density at radius 3 is 3.00 bits per heavy atom. The van der Waals surface area contributed by atoms with Crippen molar-refractivity contribution in [3.8, 4) is 0 Å². The lowest BCUT2D eigenvalue weighted by atomic mass is 10.1. The molecule has 17 heavy (non-hydrogen) atoms. The van der Waals surface area contributed by atoms with Gasteiger partial charge in [-0.05, 0) is 25.9 Å². The van der Waals surface area contributed by atoms with Gasteiger partial charge < -0.3 is 10.2 Å². The largest absolute Gasteiger partial charge is 0.340 e. The molecule has 98 valence electrons. The molecule has 2 unspecified atom stereocenters. The minimum atomic E-state index is 0.133. The minimum absolute atomic E-state index is 0.133. The lowest BCUT2D eigenvalue weighted by Gasteiger charge is -2.30. The van der Waals surface area contributed by atoms with E-state index in [-0.39, 0.29) is 5.92 Å². The van der Waals surface area contributed by atoms with E-state index in [2.05, 4.69) is 22.0 Å². The van der Waals surface area contributed by atoms with Crippen LogP contribution in [0, 0.1) is 5.92 Å². The molecule has 1 amide bonds. The van der Waals surface area contributed by atoms with Crippen molar-refractivity contribution in [3.05, 3.63) is 0 Å². The molecule has 2 fully saturated rings. The van der Waals surface area contributed by atoms with E-state index >= 15 is 0 Å². The van der Waals surface area contributed by atoms with E-state index < -0.39 is 0 Å². The number of hydrogen-bond acceptors (Lipinski definition) is 3. The molecule has 0 aromatic heterocycles. The Labute approximate surface area is 104 Å². The fraction of sp³-hybridized carbons (Fsp3) is 0.923. The second kappa shape index (κ2) is 5.83. The van der Waals surface area contributed by atoms with Crippen molar-refractivity contribution in [3.63, 3.8) is 0 Å². The van der Waals surface area contributed by atoms with Crippen molar-refractivity contribution in [2.75, 3.05) is 39.3 Å². The predicted molar refractivity (Wildman–Crippen MR) is 68.9 cm³/mol. The monoisotopic (exact) mass is 239 g/mol. The molecular formula is C13H25N3O. The van der Waals surface area contributed by atoms with Gasteiger partial charge in [-0.15, -0.1) is 0 Å². The number of nitrogens with one attached hydrogen (secondary N) is 1. The van der Waals surface area contributed by atoms with E-state index in [1.165, 1.54) is 19.4 Å². The van der Waals surface area contributed by atoms with Crippen LogP contribution in [0.2, 0.25) is 0 Å². The Bertz CT molecular complexity index is 269. The van der Waals surface area contributed by atoms with E-state index in [9.17, 15) is 4.79 Å². The van der Waals surface area contributed by atoms with Crippen molar-refractivity contribution in [1.29, 1.82) is 0 Å². The van der Waals surface area contributed by atoms with Gasteiger partial charge in [0, 0.05) is 38.1 Å². The molecule has 2 atom stereocenters. The molecule has 2 aliphatic heterocycles. The molecule has 4 heteroatoms. The third kappa shape index (κ3) is 2.99. The number of hydrogen-bond donors (Lipinski definition) is 1. The van der Waals surface area contributed by atoms with Gasteiger partial charge in [-0.3, -0.25) is 9.69 Å². The third-order valence-electron chi connectivity index (χ3n) is 4.08. The summed E-state index contributed by atoms with van der Waals surface area (Å²) >= 11 is 0. The summed E-state index contributed by atoms with van der Waals surface area (Å²) in [5.41, 5.74) is 0. The van der Waals surface area contributed by atoms with Gasteiger partial charge in [0.1, 0.15) is 0 Å². The first-order valence-corrected chi connectivity index (χ1v) is 6.96. The zero-order chi connectivity index (χ0) is 12.3. The van der Waals surface area contributed by atoms with E-state index in [1.54, 1.807) is 0 Å². The van der Waals surface area contributed by atoms with Crippen LogP contribution in [0.3, 0.4) is 0 Å². The lowest BCUT2D eigenvalue weighted by molar-refractivity contribution is -0.134. The summed E-state index contributed by atoms with van der Waals surface area (Å²) in [5, 5.41) is 3.33. The molecule has 2 rings (SSSR count). The summed E-state index contributed by atoms with van der Waals surface area (Å²) in [7, 11) is 0. The highest BCUT2D eigenvalue weighted by Crippen LogP contribution is 2.18. The fourth-order valence-electron chi connectivity index (χ4n) is 3.00. The van der Waals surface area contributed by atoms with Gasteiger partial charge in [-0.2, -0.15) is 0 Å². The van der Waals surface area contributed by atoms with Crippen LogP contribution < -0.4 is 5.32 Å². The Morgan fingerprint density at radius 2 is 2.24 bits per heavy atom. The Morgan fingerprint density at radius 1 is 1.41 bits per heavy atom. The number of nitrogens with zero attached hydrogens (tertiary/aromatic N) is 2. The highest BCUT2D eigenvalue weighted by molar-refractivity contribution is 5.79. The van der Waals surface area contributed by atoms with Crippen molar-refractivity contribution in [2.24, 2.45) is 5.92 Å². The molecule has 2 aliphatic rings. The first kappa shape index (κ1) is 12.8. The van der Waals surface area contributed by atoms with Crippen LogP contribution in [-0.2, 0) is 4.79 Å². The van der Waals surface area contributed by atoms with Gasteiger partial charge >= 0.3 is 0 Å². The summed E-state index contributed by atoms with van der Waals surface area (Å²) in [6, 6.07) is 0.592. The van der Waals surface area contributed by atoms with Crippen molar-refractivity contribution < 1.29 is 4.79 Å². The maximum atomic E-state index is 12.2.